The zero-order chi connectivity index (χ0) is 12.1. The third-order valence-electron chi connectivity index (χ3n) is 2.47. The number of nitrogens with one attached hydrogen (secondary N) is 2. The molecular formula is C13H16N2O2. The maximum Gasteiger partial charge on any atom is 0.242 e. The largest absolute Gasteiger partial charge is 0.494 e. The van der Waals surface area contributed by atoms with E-state index in [-0.39, 0.29) is 5.91 Å². The van der Waals surface area contributed by atoms with Crippen molar-refractivity contribution in [2.45, 2.75) is 19.8 Å². The molecule has 1 aliphatic rings. The van der Waals surface area contributed by atoms with Crippen LogP contribution in [0.15, 0.2) is 30.3 Å². The summed E-state index contributed by atoms with van der Waals surface area (Å²) in [7, 11) is 0. The Labute approximate surface area is 101 Å². The van der Waals surface area contributed by atoms with E-state index in [2.05, 4.69) is 17.8 Å². The summed E-state index contributed by atoms with van der Waals surface area (Å²) in [6.45, 7) is 2.81. The molecule has 4 nitrogen and oxygen atoms in total. The Balaban J connectivity index is 2.05. The summed E-state index contributed by atoms with van der Waals surface area (Å²) in [5, 5.41) is 0. The van der Waals surface area contributed by atoms with Gasteiger partial charge in [0.1, 0.15) is 5.75 Å². The zero-order valence-corrected chi connectivity index (χ0v) is 9.82. The molecular weight excluding hydrogens is 216 g/mol. The summed E-state index contributed by atoms with van der Waals surface area (Å²) in [6, 6.07) is 7.82. The van der Waals surface area contributed by atoms with Gasteiger partial charge in [0.25, 0.3) is 0 Å². The summed E-state index contributed by atoms with van der Waals surface area (Å²) < 4.78 is 5.50. The number of hydrazine groups is 1. The van der Waals surface area contributed by atoms with Crippen molar-refractivity contribution in [1.29, 1.82) is 0 Å². The lowest BCUT2D eigenvalue weighted by Gasteiger charge is -2.17. The first kappa shape index (κ1) is 11.5. The molecule has 0 spiro atoms. The molecule has 17 heavy (non-hydrogen) atoms. The van der Waals surface area contributed by atoms with E-state index in [4.69, 9.17) is 4.74 Å². The number of amides is 1. The van der Waals surface area contributed by atoms with Crippen LogP contribution in [0.2, 0.25) is 0 Å². The van der Waals surface area contributed by atoms with Crippen LogP contribution in [0.5, 0.6) is 5.75 Å². The highest BCUT2D eigenvalue weighted by Crippen LogP contribution is 2.18. The van der Waals surface area contributed by atoms with Crippen molar-refractivity contribution in [3.8, 4) is 5.75 Å². The van der Waals surface area contributed by atoms with Gasteiger partial charge in [-0.05, 0) is 42.3 Å². The second-order valence-corrected chi connectivity index (χ2v) is 3.87. The summed E-state index contributed by atoms with van der Waals surface area (Å²) in [5.41, 5.74) is 7.42. The van der Waals surface area contributed by atoms with Crippen LogP contribution in [0.3, 0.4) is 0 Å². The third kappa shape index (κ3) is 3.00. The molecule has 0 saturated heterocycles. The number of carbonyl (C=O) groups is 1. The second-order valence-electron chi connectivity index (χ2n) is 3.87. The molecule has 0 aromatic heterocycles. The van der Waals surface area contributed by atoms with Crippen molar-refractivity contribution in [2.75, 3.05) is 6.61 Å². The lowest BCUT2D eigenvalue weighted by atomic mass is 10.1. The first-order valence-corrected chi connectivity index (χ1v) is 5.78. The van der Waals surface area contributed by atoms with Gasteiger partial charge in [-0.1, -0.05) is 6.92 Å². The molecule has 1 aliphatic heterocycles. The third-order valence-corrected chi connectivity index (χ3v) is 2.47. The van der Waals surface area contributed by atoms with Gasteiger partial charge in [0, 0.05) is 6.42 Å². The highest BCUT2D eigenvalue weighted by Gasteiger charge is 2.09. The maximum absolute atomic E-state index is 11.0. The van der Waals surface area contributed by atoms with E-state index in [1.54, 1.807) is 0 Å². The van der Waals surface area contributed by atoms with Gasteiger partial charge in [0.05, 0.1) is 12.3 Å². The smallest absolute Gasteiger partial charge is 0.242 e. The van der Waals surface area contributed by atoms with Crippen LogP contribution in [0.1, 0.15) is 25.3 Å². The van der Waals surface area contributed by atoms with Gasteiger partial charge in [-0.2, -0.15) is 0 Å². The molecule has 1 aromatic carbocycles. The molecule has 4 heteroatoms. The van der Waals surface area contributed by atoms with Crippen LogP contribution >= 0.6 is 0 Å². The van der Waals surface area contributed by atoms with E-state index in [1.165, 1.54) is 0 Å². The van der Waals surface area contributed by atoms with Gasteiger partial charge in [-0.3, -0.25) is 15.6 Å². The van der Waals surface area contributed by atoms with Crippen molar-refractivity contribution in [3.63, 3.8) is 0 Å². The highest BCUT2D eigenvalue weighted by molar-refractivity contribution is 5.83. The minimum atomic E-state index is -0.0170. The second kappa shape index (κ2) is 5.39. The minimum absolute atomic E-state index is 0.0170. The summed E-state index contributed by atoms with van der Waals surface area (Å²) >= 11 is 0. The highest BCUT2D eigenvalue weighted by atomic mass is 16.5. The SMILES string of the molecule is CCCOc1ccc(C2=CCC(=O)NN2)cc1. The van der Waals surface area contributed by atoms with Crippen LogP contribution in [0, 0.1) is 0 Å². The number of ether oxygens (including phenoxy) is 1. The van der Waals surface area contributed by atoms with Crippen molar-refractivity contribution < 1.29 is 9.53 Å². The number of rotatable bonds is 4. The van der Waals surface area contributed by atoms with Crippen molar-refractivity contribution >= 4 is 11.6 Å². The molecule has 2 rings (SSSR count). The van der Waals surface area contributed by atoms with Gasteiger partial charge < -0.3 is 4.74 Å². The average molecular weight is 232 g/mol. The molecule has 1 heterocycles. The van der Waals surface area contributed by atoms with E-state index < -0.39 is 0 Å². The Morgan fingerprint density at radius 3 is 2.59 bits per heavy atom. The number of carbonyl (C=O) groups excluding carboxylic acids is 1. The van der Waals surface area contributed by atoms with Gasteiger partial charge in [0.15, 0.2) is 0 Å². The first-order chi connectivity index (χ1) is 8.29. The van der Waals surface area contributed by atoms with Crippen LogP contribution < -0.4 is 15.6 Å². The fourth-order valence-corrected chi connectivity index (χ4v) is 1.57. The Kier molecular flexibility index (Phi) is 3.65. The quantitative estimate of drug-likeness (QED) is 0.832. The van der Waals surface area contributed by atoms with Gasteiger partial charge in [-0.25, -0.2) is 0 Å². The van der Waals surface area contributed by atoms with E-state index in [9.17, 15) is 4.79 Å². The fraction of sp³-hybridized carbons (Fsp3) is 0.308. The number of hydrogen-bond acceptors (Lipinski definition) is 3. The molecule has 1 amide bonds. The Hall–Kier alpha value is -1.97. The van der Waals surface area contributed by atoms with Gasteiger partial charge in [-0.15, -0.1) is 0 Å². The van der Waals surface area contributed by atoms with Crippen molar-refractivity contribution in [2.24, 2.45) is 0 Å². The monoisotopic (exact) mass is 232 g/mol. The van der Waals surface area contributed by atoms with Crippen molar-refractivity contribution in [3.05, 3.63) is 35.9 Å². The Bertz CT molecular complexity index is 424. The molecule has 0 fully saturated rings. The molecule has 1 aromatic rings. The molecule has 2 N–H and O–H groups in total. The van der Waals surface area contributed by atoms with E-state index in [0.717, 1.165) is 30.0 Å². The predicted molar refractivity (Wildman–Crippen MR) is 66.1 cm³/mol. The van der Waals surface area contributed by atoms with Crippen LogP contribution in [-0.4, -0.2) is 12.5 Å². The van der Waals surface area contributed by atoms with Crippen LogP contribution in [-0.2, 0) is 4.79 Å². The molecule has 0 aliphatic carbocycles. The maximum atomic E-state index is 11.0. The normalized spacial score (nSPS) is 14.6. The van der Waals surface area contributed by atoms with E-state index in [1.807, 2.05) is 30.3 Å². The zero-order valence-electron chi connectivity index (χ0n) is 9.82. The number of benzene rings is 1. The average Bonchev–Trinajstić information content (AvgIpc) is 2.38. The van der Waals surface area contributed by atoms with Gasteiger partial charge >= 0.3 is 0 Å². The predicted octanol–water partition coefficient (Wildman–Crippen LogP) is 1.84. The molecule has 90 valence electrons. The standard InChI is InChI=1S/C13H16N2O2/c1-2-9-17-11-5-3-10(4-6-11)12-7-8-13(16)15-14-12/h3-7,14H,2,8-9H2,1H3,(H,15,16). The lowest BCUT2D eigenvalue weighted by Crippen LogP contribution is -2.38. The summed E-state index contributed by atoms with van der Waals surface area (Å²) in [6.07, 6.45) is 3.29. The first-order valence-electron chi connectivity index (χ1n) is 5.78. The molecule has 0 saturated carbocycles. The fourth-order valence-electron chi connectivity index (χ4n) is 1.57. The number of hydrogen-bond donors (Lipinski definition) is 2. The lowest BCUT2D eigenvalue weighted by molar-refractivity contribution is -0.121. The van der Waals surface area contributed by atoms with Crippen molar-refractivity contribution in [1.82, 2.24) is 10.9 Å². The topological polar surface area (TPSA) is 50.4 Å². The van der Waals surface area contributed by atoms with Gasteiger partial charge in [0.2, 0.25) is 5.91 Å². The Morgan fingerprint density at radius 2 is 2.00 bits per heavy atom. The van der Waals surface area contributed by atoms with Crippen LogP contribution in [0.25, 0.3) is 5.70 Å². The molecule has 0 radical (unpaired) electrons. The molecule has 0 atom stereocenters. The van der Waals surface area contributed by atoms with E-state index >= 15 is 0 Å². The summed E-state index contributed by atoms with van der Waals surface area (Å²) in [5.74, 6) is 0.854. The Morgan fingerprint density at radius 1 is 1.24 bits per heavy atom. The summed E-state index contributed by atoms with van der Waals surface area (Å²) in [4.78, 5) is 11.0. The molecule has 0 bridgehead atoms. The minimum Gasteiger partial charge on any atom is -0.494 e. The van der Waals surface area contributed by atoms with Crippen LogP contribution in [0.4, 0.5) is 0 Å². The van der Waals surface area contributed by atoms with E-state index in [0.29, 0.717) is 6.42 Å². The molecule has 0 unspecified atom stereocenters.